The van der Waals surface area contributed by atoms with Gasteiger partial charge in [0.05, 0.1) is 15.8 Å². The molecular weight excluding hydrogens is 231 g/mol. The first-order valence-electron chi connectivity index (χ1n) is 3.40. The Morgan fingerprint density at radius 1 is 1.38 bits per heavy atom. The van der Waals surface area contributed by atoms with Gasteiger partial charge in [-0.1, -0.05) is 29.3 Å². The van der Waals surface area contributed by atoms with Crippen molar-refractivity contribution in [2.75, 3.05) is 5.75 Å². The number of thioether (sulfide) groups is 1. The molecule has 1 rings (SSSR count). The molecule has 0 saturated carbocycles. The van der Waals surface area contributed by atoms with Crippen LogP contribution in [-0.2, 0) is 4.79 Å². The number of hydrogen-bond donors (Lipinski definition) is 1. The van der Waals surface area contributed by atoms with E-state index in [0.29, 0.717) is 14.9 Å². The van der Waals surface area contributed by atoms with Gasteiger partial charge in [-0.15, -0.1) is 11.8 Å². The van der Waals surface area contributed by atoms with E-state index in [0.717, 1.165) is 11.8 Å². The number of carbonyl (C=O) groups is 1. The van der Waals surface area contributed by atoms with Gasteiger partial charge in [0, 0.05) is 4.90 Å². The lowest BCUT2D eigenvalue weighted by Gasteiger charge is -2.03. The van der Waals surface area contributed by atoms with Crippen molar-refractivity contribution in [3.63, 3.8) is 0 Å². The van der Waals surface area contributed by atoms with Gasteiger partial charge in [-0.05, 0) is 12.1 Å². The third-order valence-corrected chi connectivity index (χ3v) is 3.23. The van der Waals surface area contributed by atoms with Gasteiger partial charge in [0.1, 0.15) is 0 Å². The van der Waals surface area contributed by atoms with Crippen LogP contribution in [0.15, 0.2) is 23.1 Å². The maximum atomic E-state index is 10.3. The number of benzene rings is 1. The van der Waals surface area contributed by atoms with Crippen LogP contribution in [0.25, 0.3) is 0 Å². The molecule has 0 saturated heterocycles. The van der Waals surface area contributed by atoms with Crippen molar-refractivity contribution in [1.82, 2.24) is 0 Å². The summed E-state index contributed by atoms with van der Waals surface area (Å²) in [6.45, 7) is 0. The molecule has 70 valence electrons. The van der Waals surface area contributed by atoms with Crippen LogP contribution in [0.2, 0.25) is 10.0 Å². The lowest BCUT2D eigenvalue weighted by atomic mass is 10.4. The molecule has 0 aliphatic carbocycles. The van der Waals surface area contributed by atoms with Crippen LogP contribution < -0.4 is 0 Å². The van der Waals surface area contributed by atoms with E-state index in [1.54, 1.807) is 18.2 Å². The predicted molar refractivity (Wildman–Crippen MR) is 54.8 cm³/mol. The molecule has 0 fully saturated rings. The second-order valence-electron chi connectivity index (χ2n) is 2.23. The minimum absolute atomic E-state index is 0.0382. The van der Waals surface area contributed by atoms with Gasteiger partial charge < -0.3 is 5.11 Å². The summed E-state index contributed by atoms with van der Waals surface area (Å²) in [5.41, 5.74) is 0. The molecule has 0 radical (unpaired) electrons. The van der Waals surface area contributed by atoms with Crippen LogP contribution >= 0.6 is 35.0 Å². The van der Waals surface area contributed by atoms with E-state index in [2.05, 4.69) is 0 Å². The third kappa shape index (κ3) is 3.10. The summed E-state index contributed by atoms with van der Waals surface area (Å²) in [6.07, 6.45) is 0. The summed E-state index contributed by atoms with van der Waals surface area (Å²) >= 11 is 12.7. The predicted octanol–water partition coefficient (Wildman–Crippen LogP) is 3.17. The molecule has 0 spiro atoms. The molecule has 0 aliphatic heterocycles. The number of rotatable bonds is 3. The maximum absolute atomic E-state index is 10.3. The highest BCUT2D eigenvalue weighted by molar-refractivity contribution is 8.00. The van der Waals surface area contributed by atoms with E-state index in [-0.39, 0.29) is 5.75 Å². The fourth-order valence-electron chi connectivity index (χ4n) is 0.754. The number of carboxylic acids is 1. The fraction of sp³-hybridized carbons (Fsp3) is 0.125. The van der Waals surface area contributed by atoms with Gasteiger partial charge in [0.15, 0.2) is 0 Å². The Kier molecular flexibility index (Phi) is 3.90. The zero-order chi connectivity index (χ0) is 9.84. The Bertz CT molecular complexity index is 308. The molecule has 0 aliphatic rings. The summed E-state index contributed by atoms with van der Waals surface area (Å²) in [5, 5.41) is 9.42. The van der Waals surface area contributed by atoms with Crippen molar-refractivity contribution in [2.24, 2.45) is 0 Å². The number of halogens is 2. The molecule has 0 atom stereocenters. The van der Waals surface area contributed by atoms with Crippen molar-refractivity contribution in [1.29, 1.82) is 0 Å². The van der Waals surface area contributed by atoms with Gasteiger partial charge in [-0.2, -0.15) is 0 Å². The number of carboxylic acid groups (broad SMARTS) is 1. The van der Waals surface area contributed by atoms with Crippen LogP contribution in [0.4, 0.5) is 0 Å². The van der Waals surface area contributed by atoms with Gasteiger partial charge in [-0.25, -0.2) is 0 Å². The fourth-order valence-corrected chi connectivity index (χ4v) is 2.16. The molecule has 0 bridgehead atoms. The van der Waals surface area contributed by atoms with Crippen LogP contribution in [0.5, 0.6) is 0 Å². The highest BCUT2D eigenvalue weighted by atomic mass is 35.5. The zero-order valence-electron chi connectivity index (χ0n) is 6.46. The van der Waals surface area contributed by atoms with Gasteiger partial charge >= 0.3 is 5.97 Å². The van der Waals surface area contributed by atoms with E-state index < -0.39 is 5.97 Å². The molecule has 5 heteroatoms. The quantitative estimate of drug-likeness (QED) is 0.820. The molecule has 0 heterocycles. The lowest BCUT2D eigenvalue weighted by Crippen LogP contribution is -1.97. The van der Waals surface area contributed by atoms with E-state index in [1.807, 2.05) is 0 Å². The van der Waals surface area contributed by atoms with E-state index in [4.69, 9.17) is 28.3 Å². The van der Waals surface area contributed by atoms with Crippen LogP contribution in [0.1, 0.15) is 0 Å². The molecule has 0 amide bonds. The van der Waals surface area contributed by atoms with Crippen molar-refractivity contribution in [3.05, 3.63) is 28.2 Å². The highest BCUT2D eigenvalue weighted by Crippen LogP contribution is 2.33. The second-order valence-corrected chi connectivity index (χ2v) is 4.03. The number of aliphatic carboxylic acids is 1. The monoisotopic (exact) mass is 236 g/mol. The Morgan fingerprint density at radius 3 is 2.38 bits per heavy atom. The van der Waals surface area contributed by atoms with Crippen LogP contribution in [0.3, 0.4) is 0 Å². The molecule has 13 heavy (non-hydrogen) atoms. The number of hydrogen-bond acceptors (Lipinski definition) is 2. The first-order valence-corrected chi connectivity index (χ1v) is 5.14. The van der Waals surface area contributed by atoms with Gasteiger partial charge in [0.25, 0.3) is 0 Å². The molecule has 2 nitrogen and oxygen atoms in total. The summed E-state index contributed by atoms with van der Waals surface area (Å²) in [4.78, 5) is 10.9. The Hall–Kier alpha value is -0.380. The standard InChI is InChI=1S/C8H6Cl2O2S/c9-5-2-1-3-6(10)8(5)13-4-7(11)12/h1-3H,4H2,(H,11,12). The largest absolute Gasteiger partial charge is 0.481 e. The Labute approximate surface area is 89.8 Å². The second kappa shape index (κ2) is 4.74. The summed E-state index contributed by atoms with van der Waals surface area (Å²) in [7, 11) is 0. The van der Waals surface area contributed by atoms with Gasteiger partial charge in [0.2, 0.25) is 0 Å². The topological polar surface area (TPSA) is 37.3 Å². The van der Waals surface area contributed by atoms with Gasteiger partial charge in [-0.3, -0.25) is 4.79 Å². The van der Waals surface area contributed by atoms with E-state index >= 15 is 0 Å². The molecule has 1 N–H and O–H groups in total. The lowest BCUT2D eigenvalue weighted by molar-refractivity contribution is -0.133. The van der Waals surface area contributed by atoms with Crippen molar-refractivity contribution in [2.45, 2.75) is 4.90 Å². The zero-order valence-corrected chi connectivity index (χ0v) is 8.79. The Morgan fingerprint density at radius 2 is 1.92 bits per heavy atom. The minimum atomic E-state index is -0.888. The summed E-state index contributed by atoms with van der Waals surface area (Å²) in [5.74, 6) is -0.926. The molecule has 0 unspecified atom stereocenters. The van der Waals surface area contributed by atoms with E-state index in [9.17, 15) is 4.79 Å². The maximum Gasteiger partial charge on any atom is 0.313 e. The minimum Gasteiger partial charge on any atom is -0.481 e. The molecule has 1 aromatic rings. The first kappa shape index (κ1) is 10.7. The average molecular weight is 237 g/mol. The van der Waals surface area contributed by atoms with Crippen LogP contribution in [0, 0.1) is 0 Å². The third-order valence-electron chi connectivity index (χ3n) is 1.26. The smallest absolute Gasteiger partial charge is 0.313 e. The average Bonchev–Trinajstić information content (AvgIpc) is 2.03. The van der Waals surface area contributed by atoms with Crippen molar-refractivity contribution >= 4 is 40.9 Å². The first-order chi connectivity index (χ1) is 6.11. The normalized spacial score (nSPS) is 10.0. The molecular formula is C8H6Cl2O2S. The molecule has 0 aromatic heterocycles. The Balaban J connectivity index is 2.81. The summed E-state index contributed by atoms with van der Waals surface area (Å²) < 4.78 is 0. The molecule has 1 aromatic carbocycles. The van der Waals surface area contributed by atoms with Crippen molar-refractivity contribution in [3.8, 4) is 0 Å². The summed E-state index contributed by atoms with van der Waals surface area (Å²) in [6, 6.07) is 5.07. The van der Waals surface area contributed by atoms with Crippen LogP contribution in [-0.4, -0.2) is 16.8 Å². The highest BCUT2D eigenvalue weighted by Gasteiger charge is 2.07. The van der Waals surface area contributed by atoms with Crippen molar-refractivity contribution < 1.29 is 9.90 Å². The van der Waals surface area contributed by atoms with E-state index in [1.165, 1.54) is 0 Å². The SMILES string of the molecule is O=C(O)CSc1c(Cl)cccc1Cl.